The average molecular weight is 313 g/mol. The van der Waals surface area contributed by atoms with E-state index in [0.717, 1.165) is 0 Å². The topological polar surface area (TPSA) is 68.3 Å². The highest BCUT2D eigenvalue weighted by Gasteiger charge is 2.21. The lowest BCUT2D eigenvalue weighted by molar-refractivity contribution is -0.402. The Balaban J connectivity index is 2.28. The molecule has 1 unspecified atom stereocenters. The number of nitro groups is 1. The summed E-state index contributed by atoms with van der Waals surface area (Å²) in [6.45, 7) is 2.48. The van der Waals surface area contributed by atoms with E-state index in [1.165, 1.54) is 24.3 Å². The highest BCUT2D eigenvalue weighted by atomic mass is 35.5. The van der Waals surface area contributed by atoms with Gasteiger partial charge in [0, 0.05) is 10.6 Å². The predicted octanol–water partition coefficient (Wildman–Crippen LogP) is 3.87. The molecule has 0 radical (unpaired) electrons. The summed E-state index contributed by atoms with van der Waals surface area (Å²) >= 11 is 6.01. The molecule has 1 N–H and O–H groups in total. The first kappa shape index (κ1) is 15.5. The summed E-state index contributed by atoms with van der Waals surface area (Å²) < 4.78 is 19.0. The van der Waals surface area contributed by atoms with Crippen LogP contribution < -0.4 is 5.32 Å². The van der Waals surface area contributed by atoms with Crippen LogP contribution >= 0.6 is 11.6 Å². The number of likely N-dealkylation sites (N-methyl/N-ethyl adjacent to an activating group) is 1. The molecule has 0 aliphatic heterocycles. The molecule has 21 heavy (non-hydrogen) atoms. The van der Waals surface area contributed by atoms with Crippen molar-refractivity contribution in [3.63, 3.8) is 0 Å². The Morgan fingerprint density at radius 3 is 2.76 bits per heavy atom. The van der Waals surface area contributed by atoms with Gasteiger partial charge in [-0.05, 0) is 31.2 Å². The SMILES string of the molecule is CCNC(Cc1c(F)cccc1Cl)c1ccc([N+](=O)[O-])o1. The molecule has 2 aromatic rings. The van der Waals surface area contributed by atoms with E-state index in [4.69, 9.17) is 16.0 Å². The summed E-state index contributed by atoms with van der Waals surface area (Å²) in [5.41, 5.74) is 0.351. The van der Waals surface area contributed by atoms with E-state index >= 15 is 0 Å². The standard InChI is InChI=1S/C14H14ClFN2O3/c1-2-17-12(13-6-7-14(21-13)18(19)20)8-9-10(15)4-3-5-11(9)16/h3-7,12,17H,2,8H2,1H3. The van der Waals surface area contributed by atoms with Crippen LogP contribution in [0.4, 0.5) is 10.3 Å². The quantitative estimate of drug-likeness (QED) is 0.649. The molecule has 112 valence electrons. The van der Waals surface area contributed by atoms with E-state index in [9.17, 15) is 14.5 Å². The van der Waals surface area contributed by atoms with E-state index in [0.29, 0.717) is 22.9 Å². The van der Waals surface area contributed by atoms with E-state index in [1.54, 1.807) is 6.07 Å². The lowest BCUT2D eigenvalue weighted by Crippen LogP contribution is -2.23. The van der Waals surface area contributed by atoms with Gasteiger partial charge in [-0.25, -0.2) is 4.39 Å². The molecule has 1 atom stereocenters. The number of benzene rings is 1. The van der Waals surface area contributed by atoms with Crippen LogP contribution in [0, 0.1) is 15.9 Å². The van der Waals surface area contributed by atoms with Crippen molar-refractivity contribution in [1.82, 2.24) is 5.32 Å². The number of halogens is 2. The van der Waals surface area contributed by atoms with Crippen molar-refractivity contribution in [2.45, 2.75) is 19.4 Å². The van der Waals surface area contributed by atoms with Gasteiger partial charge in [0.15, 0.2) is 0 Å². The first-order valence-corrected chi connectivity index (χ1v) is 6.81. The summed E-state index contributed by atoms with van der Waals surface area (Å²) in [6.07, 6.45) is 0.240. The van der Waals surface area contributed by atoms with Crippen molar-refractivity contribution < 1.29 is 13.7 Å². The zero-order chi connectivity index (χ0) is 15.4. The zero-order valence-electron chi connectivity index (χ0n) is 11.3. The Morgan fingerprint density at radius 1 is 1.43 bits per heavy atom. The van der Waals surface area contributed by atoms with E-state index in [1.807, 2.05) is 6.92 Å². The molecule has 0 saturated heterocycles. The van der Waals surface area contributed by atoms with Gasteiger partial charge in [-0.1, -0.05) is 24.6 Å². The molecule has 0 bridgehead atoms. The second-order valence-corrected chi connectivity index (χ2v) is 4.85. The van der Waals surface area contributed by atoms with Crippen molar-refractivity contribution in [3.05, 3.63) is 62.6 Å². The summed E-state index contributed by atoms with van der Waals surface area (Å²) in [5, 5.41) is 14.1. The third-order valence-electron chi connectivity index (χ3n) is 3.06. The number of nitrogens with zero attached hydrogens (tertiary/aromatic N) is 1. The Labute approximate surface area is 125 Å². The van der Waals surface area contributed by atoms with Crippen molar-refractivity contribution in [2.24, 2.45) is 0 Å². The van der Waals surface area contributed by atoms with Crippen LogP contribution in [0.5, 0.6) is 0 Å². The van der Waals surface area contributed by atoms with E-state index < -0.39 is 16.8 Å². The number of rotatable bonds is 6. The first-order valence-electron chi connectivity index (χ1n) is 6.43. The fraction of sp³-hybridized carbons (Fsp3) is 0.286. The van der Waals surface area contributed by atoms with Crippen LogP contribution in [0.1, 0.15) is 24.3 Å². The van der Waals surface area contributed by atoms with Gasteiger partial charge < -0.3 is 9.73 Å². The molecule has 1 aromatic heterocycles. The molecular formula is C14H14ClFN2O3. The van der Waals surface area contributed by atoms with Crippen LogP contribution in [-0.2, 0) is 6.42 Å². The largest absolute Gasteiger partial charge is 0.433 e. The number of furan rings is 1. The van der Waals surface area contributed by atoms with Gasteiger partial charge in [0.2, 0.25) is 0 Å². The zero-order valence-corrected chi connectivity index (χ0v) is 12.1. The third kappa shape index (κ3) is 3.59. The van der Waals surface area contributed by atoms with E-state index in [-0.39, 0.29) is 12.3 Å². The monoisotopic (exact) mass is 312 g/mol. The maximum absolute atomic E-state index is 13.8. The molecule has 0 aliphatic rings. The lowest BCUT2D eigenvalue weighted by atomic mass is 10.0. The molecule has 0 aliphatic carbocycles. The molecule has 0 saturated carbocycles. The van der Waals surface area contributed by atoms with Crippen molar-refractivity contribution in [2.75, 3.05) is 6.54 Å². The highest BCUT2D eigenvalue weighted by molar-refractivity contribution is 6.31. The average Bonchev–Trinajstić information content (AvgIpc) is 2.91. The summed E-state index contributed by atoms with van der Waals surface area (Å²) in [5.74, 6) is -0.373. The molecule has 5 nitrogen and oxygen atoms in total. The minimum Gasteiger partial charge on any atom is -0.404 e. The maximum atomic E-state index is 13.8. The second kappa shape index (κ2) is 6.69. The number of hydrogen-bond donors (Lipinski definition) is 1. The Kier molecular flexibility index (Phi) is 4.93. The highest BCUT2D eigenvalue weighted by Crippen LogP contribution is 2.28. The smallest absolute Gasteiger partial charge is 0.404 e. The van der Waals surface area contributed by atoms with Crippen molar-refractivity contribution in [1.29, 1.82) is 0 Å². The van der Waals surface area contributed by atoms with Gasteiger partial charge in [0.1, 0.15) is 16.5 Å². The molecule has 1 heterocycles. The molecule has 7 heteroatoms. The Morgan fingerprint density at radius 2 is 2.19 bits per heavy atom. The van der Waals surface area contributed by atoms with Crippen LogP contribution in [0.25, 0.3) is 0 Å². The molecule has 1 aromatic carbocycles. The second-order valence-electron chi connectivity index (χ2n) is 4.45. The summed E-state index contributed by atoms with van der Waals surface area (Å²) in [4.78, 5) is 10.1. The van der Waals surface area contributed by atoms with Gasteiger partial charge in [-0.3, -0.25) is 10.1 Å². The number of nitrogens with one attached hydrogen (secondary N) is 1. The van der Waals surface area contributed by atoms with Gasteiger partial charge in [0.05, 0.1) is 12.1 Å². The van der Waals surface area contributed by atoms with Gasteiger partial charge in [-0.15, -0.1) is 0 Å². The lowest BCUT2D eigenvalue weighted by Gasteiger charge is -2.16. The van der Waals surface area contributed by atoms with Crippen molar-refractivity contribution in [3.8, 4) is 0 Å². The molecule has 0 spiro atoms. The van der Waals surface area contributed by atoms with E-state index in [2.05, 4.69) is 5.32 Å². The first-order chi connectivity index (χ1) is 10.0. The van der Waals surface area contributed by atoms with Gasteiger partial charge in [0.25, 0.3) is 0 Å². The predicted molar refractivity (Wildman–Crippen MR) is 76.9 cm³/mol. The molecular weight excluding hydrogens is 299 g/mol. The fourth-order valence-electron chi connectivity index (χ4n) is 2.08. The van der Waals surface area contributed by atoms with Gasteiger partial charge >= 0.3 is 5.88 Å². The summed E-state index contributed by atoms with van der Waals surface area (Å²) in [7, 11) is 0. The van der Waals surface area contributed by atoms with Crippen LogP contribution in [0.2, 0.25) is 5.02 Å². The van der Waals surface area contributed by atoms with Crippen molar-refractivity contribution >= 4 is 17.5 Å². The molecule has 0 amide bonds. The fourth-order valence-corrected chi connectivity index (χ4v) is 2.32. The molecule has 2 rings (SSSR count). The normalized spacial score (nSPS) is 12.3. The third-order valence-corrected chi connectivity index (χ3v) is 3.41. The van der Waals surface area contributed by atoms with Crippen LogP contribution in [-0.4, -0.2) is 11.5 Å². The van der Waals surface area contributed by atoms with Crippen LogP contribution in [0.15, 0.2) is 34.7 Å². The Hall–Kier alpha value is -1.92. The number of hydrogen-bond acceptors (Lipinski definition) is 4. The maximum Gasteiger partial charge on any atom is 0.433 e. The van der Waals surface area contributed by atoms with Crippen LogP contribution in [0.3, 0.4) is 0 Å². The minimum atomic E-state index is -0.609. The van der Waals surface area contributed by atoms with Gasteiger partial charge in [-0.2, -0.15) is 0 Å². The minimum absolute atomic E-state index is 0.240. The summed E-state index contributed by atoms with van der Waals surface area (Å²) in [6, 6.07) is 6.87. The molecule has 0 fully saturated rings. The Bertz CT molecular complexity index is 625.